The van der Waals surface area contributed by atoms with Crippen molar-refractivity contribution in [1.29, 1.82) is 0 Å². The summed E-state index contributed by atoms with van der Waals surface area (Å²) in [6.07, 6.45) is -0.581. The van der Waals surface area contributed by atoms with E-state index in [0.29, 0.717) is 22.6 Å². The van der Waals surface area contributed by atoms with Gasteiger partial charge in [-0.05, 0) is 88.4 Å². The summed E-state index contributed by atoms with van der Waals surface area (Å²) < 4.78 is 32.7. The number of hydrogen-bond donors (Lipinski definition) is 3. The van der Waals surface area contributed by atoms with Crippen molar-refractivity contribution >= 4 is 39.1 Å². The Morgan fingerprint density at radius 2 is 1.24 bits per heavy atom. The quantitative estimate of drug-likeness (QED) is 0.436. The second-order valence-corrected chi connectivity index (χ2v) is 10.3. The van der Waals surface area contributed by atoms with Crippen LogP contribution in [-0.2, 0) is 14.8 Å². The third-order valence-corrected chi connectivity index (χ3v) is 5.92. The lowest BCUT2D eigenvalue weighted by Crippen LogP contribution is -2.27. The molecule has 0 aromatic heterocycles. The molecule has 34 heavy (non-hydrogen) atoms. The maximum absolute atomic E-state index is 12.5. The van der Waals surface area contributed by atoms with Gasteiger partial charge in [0.2, 0.25) is 0 Å². The number of anilines is 3. The van der Waals surface area contributed by atoms with Crippen molar-refractivity contribution in [2.24, 2.45) is 0 Å². The molecular formula is C25H27N3O5S. The first kappa shape index (κ1) is 24.8. The highest BCUT2D eigenvalue weighted by Gasteiger charge is 2.17. The third-order valence-electron chi connectivity index (χ3n) is 4.52. The van der Waals surface area contributed by atoms with Gasteiger partial charge in [0.25, 0.3) is 15.9 Å². The molecule has 0 aliphatic carbocycles. The number of sulfonamides is 1. The minimum absolute atomic E-state index is 0.167. The Kier molecular flexibility index (Phi) is 7.26. The maximum Gasteiger partial charge on any atom is 0.412 e. The van der Waals surface area contributed by atoms with Crippen LogP contribution in [0.25, 0.3) is 0 Å². The van der Waals surface area contributed by atoms with Crippen molar-refractivity contribution in [3.05, 3.63) is 83.9 Å². The predicted molar refractivity (Wildman–Crippen MR) is 133 cm³/mol. The maximum atomic E-state index is 12.5. The van der Waals surface area contributed by atoms with E-state index in [1.54, 1.807) is 93.6 Å². The minimum atomic E-state index is -3.71. The van der Waals surface area contributed by atoms with Crippen LogP contribution in [0.15, 0.2) is 77.7 Å². The van der Waals surface area contributed by atoms with E-state index >= 15 is 0 Å². The lowest BCUT2D eigenvalue weighted by Gasteiger charge is -2.19. The molecule has 0 atom stereocenters. The Morgan fingerprint density at radius 3 is 1.79 bits per heavy atom. The summed E-state index contributed by atoms with van der Waals surface area (Å²) in [7, 11) is -3.71. The molecule has 3 rings (SSSR count). The zero-order chi connectivity index (χ0) is 24.9. The molecule has 0 unspecified atom stereocenters. The Hall–Kier alpha value is -3.85. The zero-order valence-corrected chi connectivity index (χ0v) is 20.2. The average molecular weight is 482 g/mol. The SMILES string of the molecule is Cc1ccc(S(=O)(=O)Nc2ccc(NC(=O)c3ccc(NC(=O)OC(C)(C)C)cc3)cc2)cc1. The summed E-state index contributed by atoms with van der Waals surface area (Å²) in [5.41, 5.74) is 2.11. The molecule has 2 amide bonds. The molecule has 0 radical (unpaired) electrons. The minimum Gasteiger partial charge on any atom is -0.444 e. The number of benzene rings is 3. The summed E-state index contributed by atoms with van der Waals surface area (Å²) in [6, 6.07) is 19.2. The molecular weight excluding hydrogens is 454 g/mol. The van der Waals surface area contributed by atoms with Gasteiger partial charge in [-0.2, -0.15) is 0 Å². The van der Waals surface area contributed by atoms with Crippen molar-refractivity contribution in [2.75, 3.05) is 15.4 Å². The molecule has 0 aliphatic heterocycles. The van der Waals surface area contributed by atoms with Crippen LogP contribution < -0.4 is 15.4 Å². The molecule has 9 heteroatoms. The van der Waals surface area contributed by atoms with Crippen molar-refractivity contribution in [3.8, 4) is 0 Å². The molecule has 0 saturated carbocycles. The molecule has 3 aromatic rings. The molecule has 178 valence electrons. The van der Waals surface area contributed by atoms with Crippen LogP contribution in [0.2, 0.25) is 0 Å². The van der Waals surface area contributed by atoms with Crippen LogP contribution in [0, 0.1) is 6.92 Å². The molecule has 3 N–H and O–H groups in total. The Morgan fingerprint density at radius 1 is 0.735 bits per heavy atom. The lowest BCUT2D eigenvalue weighted by atomic mass is 10.2. The Bertz CT molecular complexity index is 1260. The summed E-state index contributed by atoms with van der Waals surface area (Å²) >= 11 is 0. The van der Waals surface area contributed by atoms with Gasteiger partial charge >= 0.3 is 6.09 Å². The van der Waals surface area contributed by atoms with E-state index in [9.17, 15) is 18.0 Å². The number of carbonyl (C=O) groups is 2. The van der Waals surface area contributed by atoms with Crippen LogP contribution in [0.1, 0.15) is 36.7 Å². The van der Waals surface area contributed by atoms with Crippen LogP contribution in [0.4, 0.5) is 21.9 Å². The van der Waals surface area contributed by atoms with Gasteiger partial charge in [0.1, 0.15) is 5.60 Å². The van der Waals surface area contributed by atoms with Crippen molar-refractivity contribution in [2.45, 2.75) is 38.2 Å². The standard InChI is InChI=1S/C25H27N3O5S/c1-17-5-15-22(16-6-17)34(31,32)28-21-13-11-19(12-14-21)26-23(29)18-7-9-20(10-8-18)27-24(30)33-25(2,3)4/h5-16,28H,1-4H3,(H,26,29)(H,27,30). The van der Waals surface area contributed by atoms with Gasteiger partial charge in [0, 0.05) is 22.6 Å². The molecule has 0 heterocycles. The number of nitrogens with one attached hydrogen (secondary N) is 3. The number of hydrogen-bond acceptors (Lipinski definition) is 5. The zero-order valence-electron chi connectivity index (χ0n) is 19.4. The summed E-state index contributed by atoms with van der Waals surface area (Å²) in [6.45, 7) is 7.19. The highest BCUT2D eigenvalue weighted by molar-refractivity contribution is 7.92. The van der Waals surface area contributed by atoms with E-state index in [2.05, 4.69) is 15.4 Å². The van der Waals surface area contributed by atoms with Crippen LogP contribution in [0.3, 0.4) is 0 Å². The van der Waals surface area contributed by atoms with Crippen molar-refractivity contribution in [1.82, 2.24) is 0 Å². The fourth-order valence-electron chi connectivity index (χ4n) is 2.88. The monoisotopic (exact) mass is 481 g/mol. The van der Waals surface area contributed by atoms with E-state index in [1.807, 2.05) is 6.92 Å². The van der Waals surface area contributed by atoms with Gasteiger partial charge in [-0.25, -0.2) is 13.2 Å². The van der Waals surface area contributed by atoms with Crippen LogP contribution >= 0.6 is 0 Å². The lowest BCUT2D eigenvalue weighted by molar-refractivity contribution is 0.0635. The van der Waals surface area contributed by atoms with E-state index in [1.165, 1.54) is 0 Å². The van der Waals surface area contributed by atoms with E-state index in [0.717, 1.165) is 5.56 Å². The molecule has 0 spiro atoms. The van der Waals surface area contributed by atoms with Crippen LogP contribution in [-0.4, -0.2) is 26.0 Å². The Balaban J connectivity index is 1.59. The van der Waals surface area contributed by atoms with Gasteiger partial charge in [-0.3, -0.25) is 14.8 Å². The smallest absolute Gasteiger partial charge is 0.412 e. The highest BCUT2D eigenvalue weighted by atomic mass is 32.2. The summed E-state index contributed by atoms with van der Waals surface area (Å²) in [5, 5.41) is 5.35. The van der Waals surface area contributed by atoms with Gasteiger partial charge in [-0.15, -0.1) is 0 Å². The first-order valence-corrected chi connectivity index (χ1v) is 12.0. The number of carbonyl (C=O) groups excluding carboxylic acids is 2. The van der Waals surface area contributed by atoms with Gasteiger partial charge in [0.15, 0.2) is 0 Å². The molecule has 0 aliphatic rings. The molecule has 0 bridgehead atoms. The second kappa shape index (κ2) is 9.96. The molecule has 0 fully saturated rings. The van der Waals surface area contributed by atoms with Crippen molar-refractivity contribution < 1.29 is 22.7 Å². The summed E-state index contributed by atoms with van der Waals surface area (Å²) in [4.78, 5) is 24.5. The fraction of sp³-hybridized carbons (Fsp3) is 0.200. The van der Waals surface area contributed by atoms with E-state index in [4.69, 9.17) is 4.74 Å². The molecule has 8 nitrogen and oxygen atoms in total. The fourth-order valence-corrected chi connectivity index (χ4v) is 3.94. The van der Waals surface area contributed by atoms with Gasteiger partial charge < -0.3 is 10.1 Å². The first-order valence-electron chi connectivity index (χ1n) is 10.5. The van der Waals surface area contributed by atoms with Gasteiger partial charge in [-0.1, -0.05) is 17.7 Å². The normalized spacial score (nSPS) is 11.4. The summed E-state index contributed by atoms with van der Waals surface area (Å²) in [5.74, 6) is -0.350. The average Bonchev–Trinajstić information content (AvgIpc) is 2.74. The predicted octanol–water partition coefficient (Wildman–Crippen LogP) is 5.40. The van der Waals surface area contributed by atoms with Crippen LogP contribution in [0.5, 0.6) is 0 Å². The third kappa shape index (κ3) is 7.08. The van der Waals surface area contributed by atoms with Gasteiger partial charge in [0.05, 0.1) is 4.90 Å². The number of amides is 2. The van der Waals surface area contributed by atoms with Crippen molar-refractivity contribution in [3.63, 3.8) is 0 Å². The topological polar surface area (TPSA) is 114 Å². The van der Waals surface area contributed by atoms with E-state index in [-0.39, 0.29) is 10.8 Å². The number of aryl methyl sites for hydroxylation is 1. The number of rotatable bonds is 6. The largest absolute Gasteiger partial charge is 0.444 e. The Labute approximate surface area is 199 Å². The second-order valence-electron chi connectivity index (χ2n) is 8.65. The van der Waals surface area contributed by atoms with E-state index < -0.39 is 21.7 Å². The molecule has 0 saturated heterocycles. The first-order chi connectivity index (χ1) is 15.9. The molecule has 3 aromatic carbocycles. The highest BCUT2D eigenvalue weighted by Crippen LogP contribution is 2.20. The number of ether oxygens (including phenoxy) is 1.